The van der Waals surface area contributed by atoms with Gasteiger partial charge in [0.25, 0.3) is 11.4 Å². The zero-order valence-electron chi connectivity index (χ0n) is 13.3. The second-order valence-electron chi connectivity index (χ2n) is 5.45. The second kappa shape index (κ2) is 6.13. The molecule has 0 aliphatic heterocycles. The lowest BCUT2D eigenvalue weighted by atomic mass is 10.2. The van der Waals surface area contributed by atoms with E-state index in [-0.39, 0.29) is 28.0 Å². The molecule has 0 amide bonds. The molecule has 0 bridgehead atoms. The lowest BCUT2D eigenvalue weighted by Crippen LogP contribution is -2.14. The van der Waals surface area contributed by atoms with E-state index >= 15 is 0 Å². The maximum Gasteiger partial charge on any atom is 0.417 e. The Morgan fingerprint density at radius 2 is 2.04 bits per heavy atom. The topological polar surface area (TPSA) is 86.2 Å². The third-order valence-corrected chi connectivity index (χ3v) is 4.76. The minimum Gasteiger partial charge on any atom is -0.333 e. The molecule has 12 heteroatoms. The van der Waals surface area contributed by atoms with E-state index in [0.717, 1.165) is 10.9 Å². The number of pyridine rings is 1. The van der Waals surface area contributed by atoms with Crippen molar-refractivity contribution in [3.05, 3.63) is 50.5 Å². The van der Waals surface area contributed by atoms with Crippen LogP contribution in [0.2, 0.25) is 5.02 Å². The summed E-state index contributed by atoms with van der Waals surface area (Å²) in [6, 6.07) is 0.719. The molecule has 0 unspecified atom stereocenters. The fraction of sp³-hybridized carbons (Fsp3) is 0.133. The van der Waals surface area contributed by atoms with Crippen LogP contribution >= 0.6 is 22.9 Å². The molecule has 0 radical (unpaired) electrons. The van der Waals surface area contributed by atoms with E-state index in [9.17, 15) is 18.0 Å². The van der Waals surface area contributed by atoms with Crippen LogP contribution in [-0.2, 0) is 6.18 Å². The first-order valence-corrected chi connectivity index (χ1v) is 8.48. The number of aryl methyl sites for hydroxylation is 1. The van der Waals surface area contributed by atoms with Gasteiger partial charge in [-0.2, -0.15) is 18.2 Å². The van der Waals surface area contributed by atoms with Crippen molar-refractivity contribution < 1.29 is 17.7 Å². The van der Waals surface area contributed by atoms with Gasteiger partial charge in [0, 0.05) is 23.5 Å². The van der Waals surface area contributed by atoms with Crippen molar-refractivity contribution in [3.63, 3.8) is 0 Å². The van der Waals surface area contributed by atoms with Crippen LogP contribution in [0, 0.1) is 6.92 Å². The van der Waals surface area contributed by atoms with E-state index in [0.29, 0.717) is 11.2 Å². The molecule has 27 heavy (non-hydrogen) atoms. The van der Waals surface area contributed by atoms with Gasteiger partial charge in [-0.25, -0.2) is 4.98 Å². The Bertz CT molecular complexity index is 1230. The number of nitrogens with zero attached hydrogens (tertiary/aromatic N) is 5. The zero-order valence-corrected chi connectivity index (χ0v) is 14.9. The molecule has 0 aliphatic rings. The maximum atomic E-state index is 12.7. The molecule has 7 nitrogen and oxygen atoms in total. The summed E-state index contributed by atoms with van der Waals surface area (Å²) in [7, 11) is 0. The van der Waals surface area contributed by atoms with Gasteiger partial charge in [0.1, 0.15) is 11.3 Å². The third-order valence-electron chi connectivity index (χ3n) is 3.56. The Kier molecular flexibility index (Phi) is 4.00. The van der Waals surface area contributed by atoms with E-state index in [1.54, 1.807) is 6.20 Å². The molecule has 0 fully saturated rings. The average molecular weight is 414 g/mol. The Labute approximate surface area is 157 Å². The monoisotopic (exact) mass is 413 g/mol. The number of hydrogen-bond donors (Lipinski definition) is 0. The smallest absolute Gasteiger partial charge is 0.333 e. The largest absolute Gasteiger partial charge is 0.417 e. The van der Waals surface area contributed by atoms with Crippen molar-refractivity contribution in [2.45, 2.75) is 13.1 Å². The highest BCUT2D eigenvalue weighted by atomic mass is 35.5. The lowest BCUT2D eigenvalue weighted by Gasteiger charge is -2.07. The molecule has 0 saturated heterocycles. The van der Waals surface area contributed by atoms with Gasteiger partial charge in [0.05, 0.1) is 10.6 Å². The van der Waals surface area contributed by atoms with Crippen LogP contribution in [0.5, 0.6) is 0 Å². The minimum atomic E-state index is -4.58. The Morgan fingerprint density at radius 1 is 1.26 bits per heavy atom. The number of halogens is 4. The van der Waals surface area contributed by atoms with Crippen LogP contribution in [0.1, 0.15) is 10.4 Å². The normalized spacial score (nSPS) is 12.0. The van der Waals surface area contributed by atoms with E-state index in [2.05, 4.69) is 20.1 Å². The highest BCUT2D eigenvalue weighted by Gasteiger charge is 2.32. The van der Waals surface area contributed by atoms with Gasteiger partial charge in [-0.05, 0) is 13.0 Å². The van der Waals surface area contributed by atoms with Gasteiger partial charge in [0.2, 0.25) is 5.82 Å². The van der Waals surface area contributed by atoms with Crippen LogP contribution in [-0.4, -0.2) is 24.5 Å². The summed E-state index contributed by atoms with van der Waals surface area (Å²) < 4.78 is 44.5. The first-order valence-electron chi connectivity index (χ1n) is 7.29. The standard InChI is InChI=1S/C15H7ClF3N5O2S/c1-6-5-24-13(25)8(4-21-14(24)27-6)12-22-11(23-26-12)10-9(16)2-7(3-20-10)15(17,18)19/h2-5H,1H3. The first kappa shape index (κ1) is 17.6. The van der Waals surface area contributed by atoms with Crippen molar-refractivity contribution in [2.75, 3.05) is 0 Å². The summed E-state index contributed by atoms with van der Waals surface area (Å²) in [6.07, 6.45) is -1.03. The van der Waals surface area contributed by atoms with Gasteiger partial charge in [-0.15, -0.1) is 11.3 Å². The van der Waals surface area contributed by atoms with Crippen molar-refractivity contribution in [1.29, 1.82) is 0 Å². The van der Waals surface area contributed by atoms with Crippen LogP contribution in [0.25, 0.3) is 27.9 Å². The second-order valence-corrected chi connectivity index (χ2v) is 7.07. The number of aromatic nitrogens is 5. The summed E-state index contributed by atoms with van der Waals surface area (Å²) in [6.45, 7) is 1.83. The van der Waals surface area contributed by atoms with Gasteiger partial charge in [-0.1, -0.05) is 16.8 Å². The lowest BCUT2D eigenvalue weighted by molar-refractivity contribution is -0.137. The van der Waals surface area contributed by atoms with Crippen molar-refractivity contribution in [2.24, 2.45) is 0 Å². The van der Waals surface area contributed by atoms with E-state index in [1.165, 1.54) is 21.9 Å². The third kappa shape index (κ3) is 3.08. The SMILES string of the molecule is Cc1cn2c(=O)c(-c3nc(-c4ncc(C(F)(F)F)cc4Cl)no3)cnc2s1. The van der Waals surface area contributed by atoms with Crippen molar-refractivity contribution >= 4 is 27.9 Å². The Balaban J connectivity index is 1.76. The van der Waals surface area contributed by atoms with E-state index < -0.39 is 17.3 Å². The van der Waals surface area contributed by atoms with Crippen LogP contribution in [0.15, 0.2) is 34.0 Å². The van der Waals surface area contributed by atoms with Gasteiger partial charge in [0.15, 0.2) is 4.96 Å². The average Bonchev–Trinajstić information content (AvgIpc) is 3.21. The van der Waals surface area contributed by atoms with Crippen LogP contribution in [0.4, 0.5) is 13.2 Å². The molecule has 0 atom stereocenters. The summed E-state index contributed by atoms with van der Waals surface area (Å²) in [5, 5.41) is 3.36. The first-order chi connectivity index (χ1) is 12.7. The molecule has 0 spiro atoms. The summed E-state index contributed by atoms with van der Waals surface area (Å²) in [4.78, 5) is 25.8. The van der Waals surface area contributed by atoms with Crippen molar-refractivity contribution in [1.82, 2.24) is 24.5 Å². The number of fused-ring (bicyclic) bond motifs is 1. The number of alkyl halides is 3. The summed E-state index contributed by atoms with van der Waals surface area (Å²) in [5.74, 6) is -0.284. The number of rotatable bonds is 2. The summed E-state index contributed by atoms with van der Waals surface area (Å²) >= 11 is 7.22. The molecule has 4 aromatic heterocycles. The molecule has 138 valence electrons. The van der Waals surface area contributed by atoms with E-state index in [1.807, 2.05) is 6.92 Å². The van der Waals surface area contributed by atoms with Crippen LogP contribution < -0.4 is 5.56 Å². The molecule has 0 saturated carbocycles. The van der Waals surface area contributed by atoms with E-state index in [4.69, 9.17) is 16.1 Å². The quantitative estimate of drug-likeness (QED) is 0.496. The molecular weight excluding hydrogens is 407 g/mol. The van der Waals surface area contributed by atoms with Gasteiger partial charge < -0.3 is 4.52 Å². The Morgan fingerprint density at radius 3 is 2.74 bits per heavy atom. The number of hydrogen-bond acceptors (Lipinski definition) is 7. The molecule has 4 rings (SSSR count). The number of thiazole rings is 1. The fourth-order valence-corrected chi connectivity index (χ4v) is 3.36. The highest BCUT2D eigenvalue weighted by molar-refractivity contribution is 7.16. The Hall–Kier alpha value is -2.79. The zero-order chi connectivity index (χ0) is 19.3. The predicted molar refractivity (Wildman–Crippen MR) is 90.6 cm³/mol. The minimum absolute atomic E-state index is 0.0482. The molecule has 0 N–H and O–H groups in total. The molecule has 4 heterocycles. The molecule has 0 aliphatic carbocycles. The van der Waals surface area contributed by atoms with Gasteiger partial charge in [-0.3, -0.25) is 14.2 Å². The van der Waals surface area contributed by atoms with Crippen LogP contribution in [0.3, 0.4) is 0 Å². The van der Waals surface area contributed by atoms with Gasteiger partial charge >= 0.3 is 6.18 Å². The maximum absolute atomic E-state index is 12.7. The fourth-order valence-electron chi connectivity index (χ4n) is 2.33. The molecule has 0 aromatic carbocycles. The highest BCUT2D eigenvalue weighted by Crippen LogP contribution is 2.33. The predicted octanol–water partition coefficient (Wildman–Crippen LogP) is 3.85. The summed E-state index contributed by atoms with van der Waals surface area (Å²) in [5.41, 5.74) is -1.46. The molecular formula is C15H7ClF3N5O2S. The molecule has 4 aromatic rings. The van der Waals surface area contributed by atoms with Crippen molar-refractivity contribution in [3.8, 4) is 23.0 Å².